The average Bonchev–Trinajstić information content (AvgIpc) is 2.82. The van der Waals surface area contributed by atoms with Crippen molar-refractivity contribution in [2.24, 2.45) is 5.92 Å². The first-order valence-corrected chi connectivity index (χ1v) is 6.40. The van der Waals surface area contributed by atoms with Crippen LogP contribution in [0.4, 0.5) is 8.78 Å². The number of aliphatic hydroxyl groups excluding tert-OH is 1. The molecule has 2 atom stereocenters. The fourth-order valence-electron chi connectivity index (χ4n) is 2.22. The average molecular weight is 290 g/mol. The molecule has 0 aromatic heterocycles. The van der Waals surface area contributed by atoms with Gasteiger partial charge in [0, 0.05) is 19.0 Å². The summed E-state index contributed by atoms with van der Waals surface area (Å²) in [5, 5.41) is 9.38. The van der Waals surface area contributed by atoms with Crippen LogP contribution in [0.15, 0.2) is 12.1 Å². The molecule has 1 saturated heterocycles. The summed E-state index contributed by atoms with van der Waals surface area (Å²) in [5.41, 5.74) is -0.0493. The number of carbonyl (C=O) groups excluding carboxylic acids is 1. The van der Waals surface area contributed by atoms with Crippen molar-refractivity contribution in [3.63, 3.8) is 0 Å². The van der Waals surface area contributed by atoms with E-state index in [2.05, 4.69) is 0 Å². The number of aliphatic hydroxyl groups is 1. The summed E-state index contributed by atoms with van der Waals surface area (Å²) in [6, 6.07) is 1.61. The molecule has 1 fully saturated rings. The van der Waals surface area contributed by atoms with Crippen LogP contribution in [0, 0.1) is 17.6 Å². The van der Waals surface area contributed by atoms with Gasteiger partial charge in [-0.15, -0.1) is 0 Å². The van der Waals surface area contributed by atoms with Gasteiger partial charge in [0.1, 0.15) is 0 Å². The van der Waals surface area contributed by atoms with Crippen LogP contribution in [0.3, 0.4) is 0 Å². The van der Waals surface area contributed by atoms with Crippen LogP contribution < -0.4 is 0 Å². The van der Waals surface area contributed by atoms with Gasteiger partial charge in [-0.3, -0.25) is 4.79 Å². The summed E-state index contributed by atoms with van der Waals surface area (Å²) in [6.45, 7) is 2.54. The van der Waals surface area contributed by atoms with E-state index >= 15 is 0 Å². The predicted octanol–water partition coefficient (Wildman–Crippen LogP) is 2.46. The van der Waals surface area contributed by atoms with Crippen LogP contribution >= 0.6 is 11.6 Å². The maximum absolute atomic E-state index is 13.2. The smallest absolute Gasteiger partial charge is 0.255 e. The van der Waals surface area contributed by atoms with E-state index in [1.165, 1.54) is 4.90 Å². The number of hydrogen-bond acceptors (Lipinski definition) is 2. The normalized spacial score (nSPS) is 20.7. The minimum absolute atomic E-state index is 0.00743. The van der Waals surface area contributed by atoms with Crippen molar-refractivity contribution in [3.05, 3.63) is 34.4 Å². The molecule has 0 radical (unpaired) electrons. The Kier molecular flexibility index (Phi) is 4.06. The molecule has 1 aliphatic rings. The van der Waals surface area contributed by atoms with Crippen LogP contribution in [-0.2, 0) is 0 Å². The highest BCUT2D eigenvalue weighted by atomic mass is 35.5. The lowest BCUT2D eigenvalue weighted by molar-refractivity contribution is 0.0762. The van der Waals surface area contributed by atoms with Gasteiger partial charge in [0.2, 0.25) is 0 Å². The maximum Gasteiger partial charge on any atom is 0.255 e. The monoisotopic (exact) mass is 289 g/mol. The highest BCUT2D eigenvalue weighted by Gasteiger charge is 2.30. The molecule has 1 amide bonds. The van der Waals surface area contributed by atoms with Gasteiger partial charge in [0.25, 0.3) is 5.91 Å². The van der Waals surface area contributed by atoms with Crippen LogP contribution in [0.1, 0.15) is 23.7 Å². The largest absolute Gasteiger partial charge is 0.393 e. The van der Waals surface area contributed by atoms with E-state index in [0.717, 1.165) is 12.1 Å². The molecule has 0 aliphatic carbocycles. The molecule has 2 rings (SSSR count). The van der Waals surface area contributed by atoms with Gasteiger partial charge >= 0.3 is 0 Å². The molecular formula is C13H14ClF2NO2. The zero-order valence-corrected chi connectivity index (χ0v) is 11.1. The third-order valence-electron chi connectivity index (χ3n) is 3.43. The van der Waals surface area contributed by atoms with Crippen molar-refractivity contribution in [1.82, 2.24) is 4.90 Å². The fraction of sp³-hybridized carbons (Fsp3) is 0.462. The van der Waals surface area contributed by atoms with E-state index in [1.807, 2.05) is 0 Å². The van der Waals surface area contributed by atoms with Crippen molar-refractivity contribution in [2.75, 3.05) is 13.1 Å². The second-order valence-electron chi connectivity index (χ2n) is 4.79. The van der Waals surface area contributed by atoms with Gasteiger partial charge in [0.05, 0.1) is 16.7 Å². The van der Waals surface area contributed by atoms with Gasteiger partial charge in [-0.2, -0.15) is 0 Å². The minimum atomic E-state index is -1.10. The molecule has 1 aromatic carbocycles. The van der Waals surface area contributed by atoms with E-state index in [0.29, 0.717) is 19.5 Å². The number of benzene rings is 1. The molecule has 1 N–H and O–H groups in total. The van der Waals surface area contributed by atoms with Crippen LogP contribution in [-0.4, -0.2) is 35.1 Å². The molecule has 2 unspecified atom stereocenters. The van der Waals surface area contributed by atoms with Crippen molar-refractivity contribution in [3.8, 4) is 0 Å². The summed E-state index contributed by atoms with van der Waals surface area (Å²) < 4.78 is 26.1. The Morgan fingerprint density at radius 1 is 1.47 bits per heavy atom. The third-order valence-corrected chi connectivity index (χ3v) is 3.75. The Labute approximate surface area is 114 Å². The SMILES string of the molecule is CC(O)C1CCN(C(=O)c2cc(F)c(F)cc2Cl)C1. The Morgan fingerprint density at radius 2 is 2.11 bits per heavy atom. The zero-order chi connectivity index (χ0) is 14.2. The minimum Gasteiger partial charge on any atom is -0.393 e. The number of rotatable bonds is 2. The standard InChI is InChI=1S/C13H14ClF2NO2/c1-7(18)8-2-3-17(6-8)13(19)9-4-11(15)12(16)5-10(9)14/h4-5,7-8,18H,2-3,6H2,1H3. The summed E-state index contributed by atoms with van der Waals surface area (Å²) in [4.78, 5) is 13.7. The zero-order valence-electron chi connectivity index (χ0n) is 10.4. The topological polar surface area (TPSA) is 40.5 Å². The van der Waals surface area contributed by atoms with Crippen molar-refractivity contribution in [1.29, 1.82) is 0 Å². The first kappa shape index (κ1) is 14.2. The number of halogens is 3. The van der Waals surface area contributed by atoms with Crippen LogP contribution in [0.2, 0.25) is 5.02 Å². The van der Waals surface area contributed by atoms with Crippen molar-refractivity contribution in [2.45, 2.75) is 19.4 Å². The van der Waals surface area contributed by atoms with Crippen molar-refractivity contribution >= 4 is 17.5 Å². The molecule has 0 bridgehead atoms. The van der Waals surface area contributed by atoms with Gasteiger partial charge in [-0.1, -0.05) is 11.6 Å². The molecule has 0 saturated carbocycles. The van der Waals surface area contributed by atoms with Crippen LogP contribution in [0.5, 0.6) is 0 Å². The third kappa shape index (κ3) is 2.87. The lowest BCUT2D eigenvalue weighted by atomic mass is 10.0. The number of amides is 1. The van der Waals surface area contributed by atoms with Gasteiger partial charge < -0.3 is 10.0 Å². The molecular weight excluding hydrogens is 276 g/mol. The van der Waals surface area contributed by atoms with E-state index in [4.69, 9.17) is 11.6 Å². The first-order chi connectivity index (χ1) is 8.90. The van der Waals surface area contributed by atoms with Gasteiger partial charge in [-0.05, 0) is 25.5 Å². The quantitative estimate of drug-likeness (QED) is 0.850. The number of likely N-dealkylation sites (tertiary alicyclic amines) is 1. The number of nitrogens with zero attached hydrogens (tertiary/aromatic N) is 1. The Bertz CT molecular complexity index is 508. The second kappa shape index (κ2) is 5.43. The summed E-state index contributed by atoms with van der Waals surface area (Å²) in [5.74, 6) is -2.61. The lowest BCUT2D eigenvalue weighted by Gasteiger charge is -2.18. The molecule has 6 heteroatoms. The summed E-state index contributed by atoms with van der Waals surface area (Å²) in [6.07, 6.45) is 0.184. The second-order valence-corrected chi connectivity index (χ2v) is 5.19. The lowest BCUT2D eigenvalue weighted by Crippen LogP contribution is -2.30. The van der Waals surface area contributed by atoms with E-state index < -0.39 is 23.6 Å². The van der Waals surface area contributed by atoms with Crippen molar-refractivity contribution < 1.29 is 18.7 Å². The van der Waals surface area contributed by atoms with Gasteiger partial charge in [0.15, 0.2) is 11.6 Å². The summed E-state index contributed by atoms with van der Waals surface area (Å²) in [7, 11) is 0. The molecule has 1 heterocycles. The summed E-state index contributed by atoms with van der Waals surface area (Å²) >= 11 is 5.77. The Hall–Kier alpha value is -1.20. The Morgan fingerprint density at radius 3 is 2.68 bits per heavy atom. The fourth-order valence-corrected chi connectivity index (χ4v) is 2.45. The molecule has 0 spiro atoms. The highest BCUT2D eigenvalue weighted by Crippen LogP contribution is 2.25. The molecule has 1 aromatic rings. The van der Waals surface area contributed by atoms with Crippen LogP contribution in [0.25, 0.3) is 0 Å². The number of carbonyl (C=O) groups is 1. The first-order valence-electron chi connectivity index (χ1n) is 6.02. The highest BCUT2D eigenvalue weighted by molar-refractivity contribution is 6.33. The molecule has 104 valence electrons. The molecule has 19 heavy (non-hydrogen) atoms. The van der Waals surface area contributed by atoms with Gasteiger partial charge in [-0.25, -0.2) is 8.78 Å². The van der Waals surface area contributed by atoms with E-state index in [9.17, 15) is 18.7 Å². The van der Waals surface area contributed by atoms with E-state index in [1.54, 1.807) is 6.92 Å². The molecule has 3 nitrogen and oxygen atoms in total. The predicted molar refractivity (Wildman–Crippen MR) is 67.1 cm³/mol. The Balaban J connectivity index is 2.19. The number of hydrogen-bond donors (Lipinski definition) is 1. The molecule has 1 aliphatic heterocycles. The van der Waals surface area contributed by atoms with E-state index in [-0.39, 0.29) is 16.5 Å². The maximum atomic E-state index is 13.2.